The summed E-state index contributed by atoms with van der Waals surface area (Å²) in [5, 5.41) is 3.30. The van der Waals surface area contributed by atoms with E-state index in [0.717, 1.165) is 36.7 Å². The van der Waals surface area contributed by atoms with E-state index in [4.69, 9.17) is 9.47 Å². The molecule has 0 radical (unpaired) electrons. The van der Waals surface area contributed by atoms with Gasteiger partial charge >= 0.3 is 0 Å². The van der Waals surface area contributed by atoms with Gasteiger partial charge in [0.2, 0.25) is 12.7 Å². The number of hydrogen-bond donors (Lipinski definition) is 1. The second-order valence-electron chi connectivity index (χ2n) is 8.04. The average molecular weight is 436 g/mol. The van der Waals surface area contributed by atoms with Gasteiger partial charge in [0.25, 0.3) is 11.1 Å². The number of carbonyl (C=O) groups is 1. The van der Waals surface area contributed by atoms with Crippen molar-refractivity contribution in [3.8, 4) is 11.5 Å². The lowest BCUT2D eigenvalue weighted by atomic mass is 10.1. The number of H-pyrrole nitrogens is 1. The number of aromatic nitrogens is 2. The minimum Gasteiger partial charge on any atom is -0.454 e. The highest BCUT2D eigenvalue weighted by Crippen LogP contribution is 2.32. The van der Waals surface area contributed by atoms with E-state index >= 15 is 0 Å². The molecule has 1 fully saturated rings. The topological polar surface area (TPSA) is 96.9 Å². The molecule has 2 aromatic carbocycles. The lowest BCUT2D eigenvalue weighted by Crippen LogP contribution is -2.48. The molecule has 2 aliphatic heterocycles. The van der Waals surface area contributed by atoms with Crippen LogP contribution in [0.15, 0.2) is 52.1 Å². The van der Waals surface area contributed by atoms with Crippen molar-refractivity contribution in [3.05, 3.63) is 68.7 Å². The first-order valence-electron chi connectivity index (χ1n) is 10.7. The number of hydrogen-bond acceptors (Lipinski definition) is 6. The van der Waals surface area contributed by atoms with Crippen molar-refractivity contribution < 1.29 is 14.3 Å². The summed E-state index contributed by atoms with van der Waals surface area (Å²) in [5.41, 5.74) is 0.528. The molecule has 0 spiro atoms. The number of nitrogens with zero attached hydrogens (tertiary/aromatic N) is 3. The largest absolute Gasteiger partial charge is 0.454 e. The van der Waals surface area contributed by atoms with Gasteiger partial charge in [-0.1, -0.05) is 18.2 Å². The van der Waals surface area contributed by atoms with Crippen molar-refractivity contribution in [1.29, 1.82) is 0 Å². The zero-order chi connectivity index (χ0) is 22.1. The molecule has 9 heteroatoms. The molecule has 3 aromatic rings. The second kappa shape index (κ2) is 8.51. The smallest absolute Gasteiger partial charge is 0.273 e. The van der Waals surface area contributed by atoms with Gasteiger partial charge < -0.3 is 14.4 Å². The van der Waals surface area contributed by atoms with Gasteiger partial charge in [-0.25, -0.2) is 4.68 Å². The fourth-order valence-electron chi connectivity index (χ4n) is 4.22. The Morgan fingerprint density at radius 1 is 0.938 bits per heavy atom. The van der Waals surface area contributed by atoms with Crippen LogP contribution in [-0.4, -0.2) is 58.5 Å². The molecular formula is C23H24N4O5. The van der Waals surface area contributed by atoms with Crippen LogP contribution >= 0.6 is 0 Å². The van der Waals surface area contributed by atoms with Crippen LogP contribution in [0.3, 0.4) is 0 Å². The minimum atomic E-state index is -0.329. The Morgan fingerprint density at radius 2 is 1.69 bits per heavy atom. The van der Waals surface area contributed by atoms with Crippen LogP contribution < -0.4 is 20.6 Å². The van der Waals surface area contributed by atoms with E-state index in [1.165, 1.54) is 4.68 Å². The van der Waals surface area contributed by atoms with E-state index < -0.39 is 0 Å². The van der Waals surface area contributed by atoms with Gasteiger partial charge in [0.15, 0.2) is 11.5 Å². The van der Waals surface area contributed by atoms with Gasteiger partial charge in [-0.2, -0.15) is 0 Å². The van der Waals surface area contributed by atoms with Crippen molar-refractivity contribution in [2.24, 2.45) is 0 Å². The highest BCUT2D eigenvalue weighted by Gasteiger charge is 2.22. The third kappa shape index (κ3) is 3.99. The zero-order valence-corrected chi connectivity index (χ0v) is 17.6. The highest BCUT2D eigenvalue weighted by atomic mass is 16.7. The summed E-state index contributed by atoms with van der Waals surface area (Å²) >= 11 is 0. The van der Waals surface area contributed by atoms with Gasteiger partial charge in [-0.15, -0.1) is 0 Å². The molecule has 1 N–H and O–H groups in total. The summed E-state index contributed by atoms with van der Waals surface area (Å²) in [6, 6.07) is 12.7. The Hall–Kier alpha value is -3.59. The molecule has 2 aliphatic rings. The summed E-state index contributed by atoms with van der Waals surface area (Å²) in [5.74, 6) is 1.53. The fraction of sp³-hybridized carbons (Fsp3) is 0.348. The first-order valence-corrected chi connectivity index (χ1v) is 10.7. The molecule has 0 atom stereocenters. The second-order valence-corrected chi connectivity index (χ2v) is 8.04. The van der Waals surface area contributed by atoms with Crippen molar-refractivity contribution >= 4 is 16.7 Å². The van der Waals surface area contributed by atoms with Crippen molar-refractivity contribution in [1.82, 2.24) is 19.6 Å². The SMILES string of the molecule is O=C(CCn1[nH]c(=O)c2ccccc2c1=O)N1CCN(Cc2ccc3c(c2)OCO3)CC1. The Balaban J connectivity index is 1.16. The third-order valence-corrected chi connectivity index (χ3v) is 6.00. The Kier molecular flexibility index (Phi) is 5.40. The third-order valence-electron chi connectivity index (χ3n) is 6.00. The Labute approximate surface area is 183 Å². The van der Waals surface area contributed by atoms with Crippen LogP contribution in [0.1, 0.15) is 12.0 Å². The maximum Gasteiger partial charge on any atom is 0.273 e. The van der Waals surface area contributed by atoms with Gasteiger partial charge in [0.05, 0.1) is 17.3 Å². The Bertz CT molecular complexity index is 1270. The molecule has 32 heavy (non-hydrogen) atoms. The highest BCUT2D eigenvalue weighted by molar-refractivity contribution is 5.80. The van der Waals surface area contributed by atoms with Crippen LogP contribution in [0, 0.1) is 0 Å². The molecule has 0 bridgehead atoms. The van der Waals surface area contributed by atoms with Gasteiger partial charge in [0.1, 0.15) is 0 Å². The summed E-state index contributed by atoms with van der Waals surface area (Å²) < 4.78 is 12.0. The molecule has 9 nitrogen and oxygen atoms in total. The summed E-state index contributed by atoms with van der Waals surface area (Å²) in [6.45, 7) is 4.00. The maximum atomic E-state index is 12.7. The average Bonchev–Trinajstić information content (AvgIpc) is 3.29. The fourth-order valence-corrected chi connectivity index (χ4v) is 4.22. The molecule has 1 aromatic heterocycles. The molecule has 0 aliphatic carbocycles. The number of carbonyl (C=O) groups excluding carboxylic acids is 1. The predicted molar refractivity (Wildman–Crippen MR) is 118 cm³/mol. The van der Waals surface area contributed by atoms with E-state index in [1.54, 1.807) is 24.3 Å². The number of rotatable bonds is 5. The Morgan fingerprint density at radius 3 is 2.50 bits per heavy atom. The van der Waals surface area contributed by atoms with Crippen LogP contribution in [0.5, 0.6) is 11.5 Å². The quantitative estimate of drug-likeness (QED) is 0.645. The lowest BCUT2D eigenvalue weighted by Gasteiger charge is -2.34. The normalized spacial score (nSPS) is 15.9. The zero-order valence-electron chi connectivity index (χ0n) is 17.6. The number of nitrogens with one attached hydrogen (secondary N) is 1. The number of piperazine rings is 1. The predicted octanol–water partition coefficient (Wildman–Crippen LogP) is 1.15. The monoisotopic (exact) mass is 436 g/mol. The van der Waals surface area contributed by atoms with Crippen LogP contribution in [0.4, 0.5) is 0 Å². The van der Waals surface area contributed by atoms with Gasteiger partial charge in [-0.3, -0.25) is 24.4 Å². The molecule has 5 rings (SSSR count). The number of fused-ring (bicyclic) bond motifs is 2. The summed E-state index contributed by atoms with van der Waals surface area (Å²) in [4.78, 5) is 41.6. The van der Waals surface area contributed by atoms with Crippen molar-refractivity contribution in [2.45, 2.75) is 19.5 Å². The first-order chi connectivity index (χ1) is 15.6. The number of ether oxygens (including phenoxy) is 2. The van der Waals surface area contributed by atoms with Crippen molar-refractivity contribution in [3.63, 3.8) is 0 Å². The molecular weight excluding hydrogens is 412 g/mol. The van der Waals surface area contributed by atoms with Crippen LogP contribution in [0.2, 0.25) is 0 Å². The van der Waals surface area contributed by atoms with Gasteiger partial charge in [-0.05, 0) is 29.8 Å². The number of aryl methyl sites for hydroxylation is 1. The molecule has 3 heterocycles. The first kappa shape index (κ1) is 20.3. The van der Waals surface area contributed by atoms with Crippen LogP contribution in [-0.2, 0) is 17.9 Å². The number of amides is 1. The maximum absolute atomic E-state index is 12.7. The molecule has 166 valence electrons. The standard InChI is InChI=1S/C23H24N4O5/c28-21(7-8-27-23(30)18-4-2-1-3-17(18)22(29)24-27)26-11-9-25(10-12-26)14-16-5-6-19-20(13-16)32-15-31-19/h1-6,13H,7-12,14-15H2,(H,24,29). The number of benzene rings is 2. The summed E-state index contributed by atoms with van der Waals surface area (Å²) in [7, 11) is 0. The van der Waals surface area contributed by atoms with Gasteiger partial charge in [0, 0.05) is 39.1 Å². The van der Waals surface area contributed by atoms with E-state index in [-0.39, 0.29) is 36.8 Å². The lowest BCUT2D eigenvalue weighted by molar-refractivity contribution is -0.133. The van der Waals surface area contributed by atoms with Crippen molar-refractivity contribution in [2.75, 3.05) is 33.0 Å². The van der Waals surface area contributed by atoms with Crippen LogP contribution in [0.25, 0.3) is 10.8 Å². The summed E-state index contributed by atoms with van der Waals surface area (Å²) in [6.07, 6.45) is 0.163. The van der Waals surface area contributed by atoms with E-state index in [9.17, 15) is 14.4 Å². The molecule has 1 saturated heterocycles. The molecule has 0 saturated carbocycles. The van der Waals surface area contributed by atoms with E-state index in [0.29, 0.717) is 23.9 Å². The number of aromatic amines is 1. The van der Waals surface area contributed by atoms with E-state index in [1.807, 2.05) is 23.1 Å². The minimum absolute atomic E-state index is 0.0198. The molecule has 1 amide bonds. The molecule has 0 unspecified atom stereocenters. The van der Waals surface area contributed by atoms with E-state index in [2.05, 4.69) is 10.00 Å².